The molecule has 5 nitrogen and oxygen atoms in total. The summed E-state index contributed by atoms with van der Waals surface area (Å²) in [7, 11) is 0. The molecule has 2 amide bonds. The molecule has 6 heteroatoms. The summed E-state index contributed by atoms with van der Waals surface area (Å²) in [6.45, 7) is 2.55. The zero-order valence-corrected chi connectivity index (χ0v) is 12.9. The van der Waals surface area contributed by atoms with E-state index in [1.54, 1.807) is 30.3 Å². The van der Waals surface area contributed by atoms with Gasteiger partial charge in [-0.15, -0.1) is 0 Å². The minimum Gasteiger partial charge on any atom is -0.352 e. The number of rotatable bonds is 5. The summed E-state index contributed by atoms with van der Waals surface area (Å²) < 4.78 is 0. The Kier molecular flexibility index (Phi) is 5.49. The van der Waals surface area contributed by atoms with Crippen molar-refractivity contribution in [3.05, 3.63) is 58.9 Å². The molecular weight excluding hydrogens is 302 g/mol. The van der Waals surface area contributed by atoms with Gasteiger partial charge in [-0.25, -0.2) is 0 Å². The van der Waals surface area contributed by atoms with E-state index in [0.29, 0.717) is 22.8 Å². The second kappa shape index (κ2) is 7.56. The highest BCUT2D eigenvalue weighted by atomic mass is 35.5. The highest BCUT2D eigenvalue weighted by Gasteiger charge is 2.14. The van der Waals surface area contributed by atoms with E-state index in [1.165, 1.54) is 12.3 Å². The molecule has 0 radical (unpaired) electrons. The van der Waals surface area contributed by atoms with Crippen LogP contribution in [-0.4, -0.2) is 23.3 Å². The van der Waals surface area contributed by atoms with Gasteiger partial charge in [-0.1, -0.05) is 30.7 Å². The summed E-state index contributed by atoms with van der Waals surface area (Å²) in [6.07, 6.45) is 2.30. The summed E-state index contributed by atoms with van der Waals surface area (Å²) in [4.78, 5) is 28.3. The normalized spacial score (nSPS) is 10.1. The van der Waals surface area contributed by atoms with Crippen molar-refractivity contribution >= 4 is 29.1 Å². The second-order valence-electron chi connectivity index (χ2n) is 4.61. The number of nitrogens with zero attached hydrogens (tertiary/aromatic N) is 1. The van der Waals surface area contributed by atoms with Crippen molar-refractivity contribution in [2.75, 3.05) is 11.9 Å². The highest BCUT2D eigenvalue weighted by molar-refractivity contribution is 6.31. The molecule has 0 fully saturated rings. The molecule has 0 bridgehead atoms. The van der Waals surface area contributed by atoms with E-state index >= 15 is 0 Å². The molecule has 2 rings (SSSR count). The molecule has 2 aromatic rings. The first-order valence-electron chi connectivity index (χ1n) is 6.92. The van der Waals surface area contributed by atoms with Crippen molar-refractivity contribution in [1.29, 1.82) is 0 Å². The lowest BCUT2D eigenvalue weighted by Crippen LogP contribution is -2.26. The first-order chi connectivity index (χ1) is 10.6. The number of pyridine rings is 1. The van der Waals surface area contributed by atoms with Gasteiger partial charge < -0.3 is 10.6 Å². The molecule has 0 aliphatic heterocycles. The number of nitrogens with one attached hydrogen (secondary N) is 2. The first-order valence-corrected chi connectivity index (χ1v) is 7.29. The number of benzene rings is 1. The topological polar surface area (TPSA) is 71.1 Å². The van der Waals surface area contributed by atoms with Gasteiger partial charge in [0.05, 0.1) is 11.3 Å². The molecular formula is C16H16ClN3O2. The van der Waals surface area contributed by atoms with Crippen molar-refractivity contribution in [2.24, 2.45) is 0 Å². The van der Waals surface area contributed by atoms with E-state index in [-0.39, 0.29) is 11.6 Å². The van der Waals surface area contributed by atoms with Crippen molar-refractivity contribution in [3.63, 3.8) is 0 Å². The number of halogens is 1. The Hall–Kier alpha value is -2.40. The minimum atomic E-state index is -0.418. The maximum absolute atomic E-state index is 12.2. The van der Waals surface area contributed by atoms with Crippen LogP contribution < -0.4 is 10.6 Å². The van der Waals surface area contributed by atoms with Crippen LogP contribution in [0.3, 0.4) is 0 Å². The number of carbonyl (C=O) groups excluding carboxylic acids is 2. The third-order valence-corrected chi connectivity index (χ3v) is 3.15. The zero-order valence-electron chi connectivity index (χ0n) is 12.1. The van der Waals surface area contributed by atoms with Crippen LogP contribution in [0, 0.1) is 0 Å². The quantitative estimate of drug-likeness (QED) is 0.890. The van der Waals surface area contributed by atoms with Gasteiger partial charge in [-0.2, -0.15) is 0 Å². The Morgan fingerprint density at radius 2 is 1.95 bits per heavy atom. The van der Waals surface area contributed by atoms with Crippen molar-refractivity contribution < 1.29 is 9.59 Å². The molecule has 0 aliphatic rings. The van der Waals surface area contributed by atoms with Crippen molar-refractivity contribution in [3.8, 4) is 0 Å². The number of hydrogen-bond donors (Lipinski definition) is 2. The predicted molar refractivity (Wildman–Crippen MR) is 86.3 cm³/mol. The monoisotopic (exact) mass is 317 g/mol. The Balaban J connectivity index is 2.19. The SMILES string of the molecule is CCCNC(=O)c1ccccc1NC(=O)c1cc(Cl)ccn1. The average molecular weight is 318 g/mol. The molecule has 1 heterocycles. The van der Waals surface area contributed by atoms with Crippen LogP contribution in [0.25, 0.3) is 0 Å². The standard InChI is InChI=1S/C16H16ClN3O2/c1-2-8-19-15(21)12-5-3-4-6-13(12)20-16(22)14-10-11(17)7-9-18-14/h3-7,9-10H,2,8H2,1H3,(H,19,21)(H,20,22). The molecule has 114 valence electrons. The van der Waals surface area contributed by atoms with Gasteiger partial charge in [-0.05, 0) is 30.7 Å². The number of aromatic nitrogens is 1. The van der Waals surface area contributed by atoms with Crippen molar-refractivity contribution in [2.45, 2.75) is 13.3 Å². The molecule has 0 saturated heterocycles. The maximum Gasteiger partial charge on any atom is 0.274 e. The third kappa shape index (κ3) is 4.05. The number of para-hydroxylation sites is 1. The zero-order chi connectivity index (χ0) is 15.9. The number of amides is 2. The molecule has 0 atom stereocenters. The van der Waals surface area contributed by atoms with Crippen LogP contribution in [0.4, 0.5) is 5.69 Å². The Bertz CT molecular complexity index is 689. The second-order valence-corrected chi connectivity index (χ2v) is 5.05. The van der Waals surface area contributed by atoms with E-state index in [2.05, 4.69) is 15.6 Å². The van der Waals surface area contributed by atoms with E-state index < -0.39 is 5.91 Å². The third-order valence-electron chi connectivity index (χ3n) is 2.91. The van der Waals surface area contributed by atoms with Crippen LogP contribution in [0.15, 0.2) is 42.6 Å². The maximum atomic E-state index is 12.2. The van der Waals surface area contributed by atoms with Crippen LogP contribution in [0.2, 0.25) is 5.02 Å². The summed E-state index contributed by atoms with van der Waals surface area (Å²) in [5.74, 6) is -0.643. The fraction of sp³-hybridized carbons (Fsp3) is 0.188. The molecule has 1 aromatic carbocycles. The van der Waals surface area contributed by atoms with Crippen LogP contribution >= 0.6 is 11.6 Å². The van der Waals surface area contributed by atoms with Crippen LogP contribution in [0.1, 0.15) is 34.2 Å². The summed E-state index contributed by atoms with van der Waals surface area (Å²) in [5, 5.41) is 5.90. The molecule has 2 N–H and O–H groups in total. The molecule has 0 saturated carbocycles. The largest absolute Gasteiger partial charge is 0.352 e. The summed E-state index contributed by atoms with van der Waals surface area (Å²) in [6, 6.07) is 9.88. The van der Waals surface area contributed by atoms with Crippen LogP contribution in [-0.2, 0) is 0 Å². The molecule has 0 unspecified atom stereocenters. The number of carbonyl (C=O) groups is 2. The van der Waals surface area contributed by atoms with Gasteiger partial charge in [0.25, 0.3) is 11.8 Å². The fourth-order valence-electron chi connectivity index (χ4n) is 1.84. The Morgan fingerprint density at radius 3 is 2.68 bits per heavy atom. The van der Waals surface area contributed by atoms with Gasteiger partial charge in [0, 0.05) is 17.8 Å². The van der Waals surface area contributed by atoms with Gasteiger partial charge in [0.1, 0.15) is 5.69 Å². The van der Waals surface area contributed by atoms with Crippen molar-refractivity contribution in [1.82, 2.24) is 10.3 Å². The highest BCUT2D eigenvalue weighted by Crippen LogP contribution is 2.16. The molecule has 0 aliphatic carbocycles. The smallest absolute Gasteiger partial charge is 0.274 e. The molecule has 0 spiro atoms. The van der Waals surface area contributed by atoms with E-state index in [4.69, 9.17) is 11.6 Å². The van der Waals surface area contributed by atoms with Crippen LogP contribution in [0.5, 0.6) is 0 Å². The Morgan fingerprint density at radius 1 is 1.18 bits per heavy atom. The number of anilines is 1. The fourth-order valence-corrected chi connectivity index (χ4v) is 2.00. The Labute approximate surface area is 133 Å². The van der Waals surface area contributed by atoms with E-state index in [1.807, 2.05) is 6.92 Å². The lowest BCUT2D eigenvalue weighted by atomic mass is 10.1. The summed E-state index contributed by atoms with van der Waals surface area (Å²) in [5.41, 5.74) is 1.03. The first kappa shape index (κ1) is 16.0. The number of hydrogen-bond acceptors (Lipinski definition) is 3. The predicted octanol–water partition coefficient (Wildman–Crippen LogP) is 3.13. The summed E-state index contributed by atoms with van der Waals surface area (Å²) >= 11 is 5.85. The van der Waals surface area contributed by atoms with Gasteiger partial charge >= 0.3 is 0 Å². The lowest BCUT2D eigenvalue weighted by Gasteiger charge is -2.11. The van der Waals surface area contributed by atoms with E-state index in [9.17, 15) is 9.59 Å². The lowest BCUT2D eigenvalue weighted by molar-refractivity contribution is 0.0954. The average Bonchev–Trinajstić information content (AvgIpc) is 2.53. The minimum absolute atomic E-state index is 0.191. The van der Waals surface area contributed by atoms with Gasteiger partial charge in [-0.3, -0.25) is 14.6 Å². The van der Waals surface area contributed by atoms with E-state index in [0.717, 1.165) is 6.42 Å². The molecule has 1 aromatic heterocycles. The van der Waals surface area contributed by atoms with Gasteiger partial charge in [0.15, 0.2) is 0 Å². The molecule has 22 heavy (non-hydrogen) atoms. The van der Waals surface area contributed by atoms with Gasteiger partial charge in [0.2, 0.25) is 0 Å².